The van der Waals surface area contributed by atoms with Crippen LogP contribution in [-0.2, 0) is 11.3 Å². The van der Waals surface area contributed by atoms with E-state index < -0.39 is 0 Å². The summed E-state index contributed by atoms with van der Waals surface area (Å²) in [6.45, 7) is 10.2. The number of aliphatic imine (C=N–C) groups is 1. The number of ether oxygens (including phenoxy) is 2. The Kier molecular flexibility index (Phi) is 13.0. The first-order valence-corrected chi connectivity index (χ1v) is 7.62. The molecule has 0 heterocycles. The average Bonchev–Trinajstić information content (AvgIpc) is 2.50. The lowest BCUT2D eigenvalue weighted by Gasteiger charge is -2.12. The van der Waals surface area contributed by atoms with Gasteiger partial charge in [-0.3, -0.25) is 0 Å². The summed E-state index contributed by atoms with van der Waals surface area (Å²) in [5, 5.41) is 6.47. The molecule has 0 spiro atoms. The quantitative estimate of drug-likeness (QED) is 0.279. The Hall–Kier alpha value is -1.02. The summed E-state index contributed by atoms with van der Waals surface area (Å²) >= 11 is 0. The molecule has 5 nitrogen and oxygen atoms in total. The molecule has 126 valence electrons. The highest BCUT2D eigenvalue weighted by atomic mass is 127. The zero-order valence-corrected chi connectivity index (χ0v) is 16.1. The Morgan fingerprint density at radius 1 is 1.09 bits per heavy atom. The third kappa shape index (κ3) is 8.43. The van der Waals surface area contributed by atoms with Gasteiger partial charge in [0.05, 0.1) is 19.8 Å². The van der Waals surface area contributed by atoms with Gasteiger partial charge in [-0.1, -0.05) is 18.2 Å². The van der Waals surface area contributed by atoms with Crippen LogP contribution in [0, 0.1) is 0 Å². The number of benzene rings is 1. The highest BCUT2D eigenvalue weighted by molar-refractivity contribution is 14.0. The maximum atomic E-state index is 5.61. The topological polar surface area (TPSA) is 54.9 Å². The Bertz CT molecular complexity index is 428. The van der Waals surface area contributed by atoms with Gasteiger partial charge in [-0.2, -0.15) is 0 Å². The van der Waals surface area contributed by atoms with Crippen molar-refractivity contribution >= 4 is 29.9 Å². The summed E-state index contributed by atoms with van der Waals surface area (Å²) in [5.74, 6) is 1.69. The first-order chi connectivity index (χ1) is 10.3. The molecule has 6 heteroatoms. The molecule has 0 bridgehead atoms. The van der Waals surface area contributed by atoms with Gasteiger partial charge >= 0.3 is 0 Å². The molecule has 22 heavy (non-hydrogen) atoms. The molecule has 2 N–H and O–H groups in total. The number of hydrogen-bond acceptors (Lipinski definition) is 3. The molecule has 0 saturated heterocycles. The first kappa shape index (κ1) is 21.0. The molecule has 1 aromatic carbocycles. The highest BCUT2D eigenvalue weighted by Gasteiger charge is 2.02. The summed E-state index contributed by atoms with van der Waals surface area (Å²) in [5.41, 5.74) is 1.08. The van der Waals surface area contributed by atoms with Crippen LogP contribution in [0.5, 0.6) is 5.75 Å². The van der Waals surface area contributed by atoms with Crippen molar-refractivity contribution in [2.75, 3.05) is 32.9 Å². The summed E-state index contributed by atoms with van der Waals surface area (Å²) < 4.78 is 10.9. The molecule has 0 aliphatic carbocycles. The first-order valence-electron chi connectivity index (χ1n) is 7.62. The zero-order chi connectivity index (χ0) is 15.3. The number of nitrogens with one attached hydrogen (secondary N) is 2. The summed E-state index contributed by atoms with van der Waals surface area (Å²) in [4.78, 5) is 4.58. The molecule has 0 aromatic heterocycles. The van der Waals surface area contributed by atoms with Gasteiger partial charge in [-0.05, 0) is 26.8 Å². The predicted molar refractivity (Wildman–Crippen MR) is 102 cm³/mol. The van der Waals surface area contributed by atoms with E-state index in [0.29, 0.717) is 19.8 Å². The van der Waals surface area contributed by atoms with Crippen LogP contribution < -0.4 is 15.4 Å². The molecule has 0 fully saturated rings. The Labute approximate surface area is 150 Å². The van der Waals surface area contributed by atoms with E-state index in [0.717, 1.165) is 37.0 Å². The summed E-state index contributed by atoms with van der Waals surface area (Å²) in [7, 11) is 0. The van der Waals surface area contributed by atoms with Gasteiger partial charge in [-0.15, -0.1) is 24.0 Å². The van der Waals surface area contributed by atoms with Crippen LogP contribution >= 0.6 is 24.0 Å². The lowest BCUT2D eigenvalue weighted by atomic mass is 10.2. The predicted octanol–water partition coefficient (Wildman–Crippen LogP) is 2.79. The second kappa shape index (κ2) is 13.6. The van der Waals surface area contributed by atoms with Crippen molar-refractivity contribution in [1.82, 2.24) is 10.6 Å². The van der Waals surface area contributed by atoms with E-state index in [9.17, 15) is 0 Å². The molecule has 1 aromatic rings. The van der Waals surface area contributed by atoms with Crippen LogP contribution in [0.25, 0.3) is 0 Å². The molecule has 1 rings (SSSR count). The van der Waals surface area contributed by atoms with E-state index in [2.05, 4.69) is 15.6 Å². The summed E-state index contributed by atoms with van der Waals surface area (Å²) in [6, 6.07) is 7.99. The van der Waals surface area contributed by atoms with E-state index in [1.165, 1.54) is 0 Å². The van der Waals surface area contributed by atoms with E-state index >= 15 is 0 Å². The van der Waals surface area contributed by atoms with Crippen LogP contribution in [0.1, 0.15) is 26.3 Å². The standard InChI is InChI=1S/C16H27N3O2.HI/c1-4-17-16(18-11-12-20-5-2)19-13-14-9-7-8-10-15(14)21-6-3;/h7-10H,4-6,11-13H2,1-3H3,(H2,17,18,19);1H. The molecule has 0 aliphatic rings. The van der Waals surface area contributed by atoms with Crippen LogP contribution in [0.2, 0.25) is 0 Å². The monoisotopic (exact) mass is 421 g/mol. The largest absolute Gasteiger partial charge is 0.494 e. The van der Waals surface area contributed by atoms with Crippen molar-refractivity contribution in [3.05, 3.63) is 29.8 Å². The fourth-order valence-corrected chi connectivity index (χ4v) is 1.82. The van der Waals surface area contributed by atoms with Crippen molar-refractivity contribution in [1.29, 1.82) is 0 Å². The Morgan fingerprint density at radius 3 is 2.55 bits per heavy atom. The normalized spacial score (nSPS) is 10.8. The second-order valence-corrected chi connectivity index (χ2v) is 4.36. The van der Waals surface area contributed by atoms with E-state index in [4.69, 9.17) is 9.47 Å². The molecule has 0 radical (unpaired) electrons. The summed E-state index contributed by atoms with van der Waals surface area (Å²) in [6.07, 6.45) is 0. The lowest BCUT2D eigenvalue weighted by Crippen LogP contribution is -2.39. The van der Waals surface area contributed by atoms with E-state index in [1.807, 2.05) is 45.0 Å². The van der Waals surface area contributed by atoms with Gasteiger partial charge in [0, 0.05) is 25.3 Å². The highest BCUT2D eigenvalue weighted by Crippen LogP contribution is 2.18. The van der Waals surface area contributed by atoms with Crippen LogP contribution in [-0.4, -0.2) is 38.9 Å². The van der Waals surface area contributed by atoms with Crippen molar-refractivity contribution in [3.63, 3.8) is 0 Å². The van der Waals surface area contributed by atoms with Crippen LogP contribution in [0.4, 0.5) is 0 Å². The Morgan fingerprint density at radius 2 is 1.86 bits per heavy atom. The lowest BCUT2D eigenvalue weighted by molar-refractivity contribution is 0.152. The zero-order valence-electron chi connectivity index (χ0n) is 13.7. The molecule has 0 atom stereocenters. The maximum absolute atomic E-state index is 5.61. The van der Waals surface area contributed by atoms with Gasteiger partial charge in [-0.25, -0.2) is 4.99 Å². The number of nitrogens with zero attached hydrogens (tertiary/aromatic N) is 1. The molecular formula is C16H28IN3O2. The average molecular weight is 421 g/mol. The van der Waals surface area contributed by atoms with Gasteiger partial charge in [0.1, 0.15) is 5.75 Å². The number of hydrogen-bond donors (Lipinski definition) is 2. The van der Waals surface area contributed by atoms with E-state index in [-0.39, 0.29) is 24.0 Å². The minimum atomic E-state index is 0. The fraction of sp³-hybridized carbons (Fsp3) is 0.562. The van der Waals surface area contributed by atoms with E-state index in [1.54, 1.807) is 0 Å². The number of para-hydroxylation sites is 1. The van der Waals surface area contributed by atoms with Gasteiger partial charge < -0.3 is 20.1 Å². The minimum Gasteiger partial charge on any atom is -0.494 e. The molecule has 0 amide bonds. The number of halogens is 1. The van der Waals surface area contributed by atoms with Crippen molar-refractivity contribution in [3.8, 4) is 5.75 Å². The van der Waals surface area contributed by atoms with Crippen LogP contribution in [0.3, 0.4) is 0 Å². The SMILES string of the molecule is CCNC(=NCc1ccccc1OCC)NCCOCC.I. The second-order valence-electron chi connectivity index (χ2n) is 4.36. The van der Waals surface area contributed by atoms with Crippen molar-refractivity contribution < 1.29 is 9.47 Å². The fourth-order valence-electron chi connectivity index (χ4n) is 1.82. The van der Waals surface area contributed by atoms with Gasteiger partial charge in [0.15, 0.2) is 5.96 Å². The Balaban J connectivity index is 0.00000441. The maximum Gasteiger partial charge on any atom is 0.191 e. The third-order valence-corrected chi connectivity index (χ3v) is 2.77. The number of guanidine groups is 1. The van der Waals surface area contributed by atoms with Gasteiger partial charge in [0.25, 0.3) is 0 Å². The minimum absolute atomic E-state index is 0. The number of rotatable bonds is 9. The third-order valence-electron chi connectivity index (χ3n) is 2.77. The smallest absolute Gasteiger partial charge is 0.191 e. The molecular weight excluding hydrogens is 393 g/mol. The van der Waals surface area contributed by atoms with Crippen LogP contribution in [0.15, 0.2) is 29.3 Å². The molecule has 0 aliphatic heterocycles. The molecule has 0 unspecified atom stereocenters. The van der Waals surface area contributed by atoms with Crippen molar-refractivity contribution in [2.45, 2.75) is 27.3 Å². The van der Waals surface area contributed by atoms with Crippen molar-refractivity contribution in [2.24, 2.45) is 4.99 Å². The van der Waals surface area contributed by atoms with Gasteiger partial charge in [0.2, 0.25) is 0 Å². The molecule has 0 saturated carbocycles.